The molecule has 4 aromatic rings. The van der Waals surface area contributed by atoms with Crippen molar-refractivity contribution in [3.05, 3.63) is 113 Å². The van der Waals surface area contributed by atoms with E-state index in [0.717, 1.165) is 16.3 Å². The van der Waals surface area contributed by atoms with Crippen LogP contribution >= 0.6 is 11.6 Å². The van der Waals surface area contributed by atoms with Crippen molar-refractivity contribution in [2.75, 3.05) is 4.90 Å². The maximum Gasteiger partial charge on any atom is 0.300 e. The summed E-state index contributed by atoms with van der Waals surface area (Å²) in [6.07, 6.45) is -0.0634. The molecule has 5 nitrogen and oxygen atoms in total. The standard InChI is InChI=1S/C30H24ClNO4/c1-18(2)36-23-13-5-10-20(16-23)28(33)26-27(25-15-6-9-19-8-3-4-14-24(19)25)32(30(35)29(26)34)22-12-7-11-21(31)17-22/h3-18,27,33H,1-2H3/b28-26-. The number of anilines is 1. The van der Waals surface area contributed by atoms with Gasteiger partial charge in [-0.05, 0) is 60.5 Å². The van der Waals surface area contributed by atoms with Crippen molar-refractivity contribution in [3.8, 4) is 5.75 Å². The molecule has 180 valence electrons. The molecule has 1 unspecified atom stereocenters. The zero-order valence-corrected chi connectivity index (χ0v) is 20.6. The van der Waals surface area contributed by atoms with E-state index in [-0.39, 0.29) is 17.4 Å². The van der Waals surface area contributed by atoms with Gasteiger partial charge in [-0.2, -0.15) is 0 Å². The van der Waals surface area contributed by atoms with Crippen LogP contribution in [0.1, 0.15) is 31.0 Å². The molecule has 1 N–H and O–H groups in total. The molecule has 1 atom stereocenters. The Balaban J connectivity index is 1.77. The van der Waals surface area contributed by atoms with Crippen LogP contribution < -0.4 is 9.64 Å². The van der Waals surface area contributed by atoms with Gasteiger partial charge in [0.15, 0.2) is 0 Å². The third-order valence-corrected chi connectivity index (χ3v) is 6.36. The van der Waals surface area contributed by atoms with E-state index in [9.17, 15) is 14.7 Å². The van der Waals surface area contributed by atoms with Crippen LogP contribution in [0.2, 0.25) is 5.02 Å². The fraction of sp³-hybridized carbons (Fsp3) is 0.133. The largest absolute Gasteiger partial charge is 0.507 e. The smallest absolute Gasteiger partial charge is 0.300 e. The van der Waals surface area contributed by atoms with Crippen molar-refractivity contribution in [2.24, 2.45) is 0 Å². The summed E-state index contributed by atoms with van der Waals surface area (Å²) in [4.78, 5) is 28.4. The normalized spacial score (nSPS) is 17.2. The van der Waals surface area contributed by atoms with E-state index in [1.165, 1.54) is 4.90 Å². The number of aliphatic hydroxyl groups excluding tert-OH is 1. The van der Waals surface area contributed by atoms with E-state index < -0.39 is 17.7 Å². The molecule has 0 aromatic heterocycles. The van der Waals surface area contributed by atoms with E-state index in [1.54, 1.807) is 48.5 Å². The number of fused-ring (bicyclic) bond motifs is 1. The van der Waals surface area contributed by atoms with E-state index in [4.69, 9.17) is 16.3 Å². The van der Waals surface area contributed by atoms with Crippen LogP contribution in [0.3, 0.4) is 0 Å². The van der Waals surface area contributed by atoms with Gasteiger partial charge in [0, 0.05) is 16.3 Å². The summed E-state index contributed by atoms with van der Waals surface area (Å²) in [7, 11) is 0. The number of Topliss-reactive ketones (excluding diaryl/α,β-unsaturated/α-hetero) is 1. The number of amides is 1. The highest BCUT2D eigenvalue weighted by Crippen LogP contribution is 2.44. The van der Waals surface area contributed by atoms with Gasteiger partial charge in [0.25, 0.3) is 11.7 Å². The van der Waals surface area contributed by atoms with Gasteiger partial charge in [0.2, 0.25) is 0 Å². The Morgan fingerprint density at radius 1 is 0.917 bits per heavy atom. The molecule has 6 heteroatoms. The van der Waals surface area contributed by atoms with E-state index >= 15 is 0 Å². The maximum atomic E-state index is 13.5. The molecule has 0 spiro atoms. The fourth-order valence-corrected chi connectivity index (χ4v) is 4.84. The average Bonchev–Trinajstić information content (AvgIpc) is 3.13. The Morgan fingerprint density at radius 3 is 2.42 bits per heavy atom. The third-order valence-electron chi connectivity index (χ3n) is 6.13. The molecule has 0 aliphatic carbocycles. The number of hydrogen-bond acceptors (Lipinski definition) is 4. The molecule has 1 heterocycles. The third kappa shape index (κ3) is 4.23. The van der Waals surface area contributed by atoms with Crippen molar-refractivity contribution < 1.29 is 19.4 Å². The van der Waals surface area contributed by atoms with Crippen LogP contribution in [0, 0.1) is 0 Å². The molecule has 4 aromatic carbocycles. The highest BCUT2D eigenvalue weighted by molar-refractivity contribution is 6.52. The SMILES string of the molecule is CC(C)Oc1cccc(/C(O)=C2/C(=O)C(=O)N(c3cccc(Cl)c3)C2c2cccc3ccccc23)c1. The van der Waals surface area contributed by atoms with Crippen molar-refractivity contribution in [1.82, 2.24) is 0 Å². The first-order valence-electron chi connectivity index (χ1n) is 11.7. The van der Waals surface area contributed by atoms with Crippen LogP contribution in [0.5, 0.6) is 5.75 Å². The molecule has 1 amide bonds. The van der Waals surface area contributed by atoms with Crippen LogP contribution in [0.15, 0.2) is 96.6 Å². The van der Waals surface area contributed by atoms with Crippen LogP contribution in [0.4, 0.5) is 5.69 Å². The Labute approximate surface area is 214 Å². The second-order valence-corrected chi connectivity index (χ2v) is 9.35. The van der Waals surface area contributed by atoms with Crippen molar-refractivity contribution in [3.63, 3.8) is 0 Å². The molecule has 0 saturated carbocycles. The van der Waals surface area contributed by atoms with Gasteiger partial charge in [-0.3, -0.25) is 14.5 Å². The Morgan fingerprint density at radius 2 is 1.64 bits per heavy atom. The number of hydrogen-bond donors (Lipinski definition) is 1. The molecule has 1 aliphatic rings. The zero-order chi connectivity index (χ0) is 25.4. The van der Waals surface area contributed by atoms with E-state index in [1.807, 2.05) is 56.3 Å². The lowest BCUT2D eigenvalue weighted by atomic mass is 9.91. The number of rotatable bonds is 5. The number of benzene rings is 4. The molecule has 5 rings (SSSR count). The second kappa shape index (κ2) is 9.51. The summed E-state index contributed by atoms with van der Waals surface area (Å²) >= 11 is 6.25. The van der Waals surface area contributed by atoms with Gasteiger partial charge in [-0.15, -0.1) is 0 Å². The van der Waals surface area contributed by atoms with Gasteiger partial charge in [-0.1, -0.05) is 72.3 Å². The summed E-state index contributed by atoms with van der Waals surface area (Å²) in [5, 5.41) is 13.8. The maximum absolute atomic E-state index is 13.5. The molecule has 1 aliphatic heterocycles. The number of ketones is 1. The lowest BCUT2D eigenvalue weighted by Crippen LogP contribution is -2.29. The number of halogens is 1. The van der Waals surface area contributed by atoms with Gasteiger partial charge < -0.3 is 9.84 Å². The predicted octanol–water partition coefficient (Wildman–Crippen LogP) is 6.91. The second-order valence-electron chi connectivity index (χ2n) is 8.91. The predicted molar refractivity (Wildman–Crippen MR) is 142 cm³/mol. The summed E-state index contributed by atoms with van der Waals surface area (Å²) in [5.74, 6) is -1.20. The minimum atomic E-state index is -0.857. The van der Waals surface area contributed by atoms with Crippen LogP contribution in [-0.2, 0) is 9.59 Å². The van der Waals surface area contributed by atoms with E-state index in [2.05, 4.69) is 0 Å². The summed E-state index contributed by atoms with van der Waals surface area (Å²) in [5.41, 5.74) is 1.60. The molecule has 1 fully saturated rings. The number of carbonyl (C=O) groups is 2. The van der Waals surface area contributed by atoms with Crippen molar-refractivity contribution >= 4 is 45.5 Å². The Hall–Kier alpha value is -4.09. The van der Waals surface area contributed by atoms with Crippen LogP contribution in [0.25, 0.3) is 16.5 Å². The number of nitrogens with zero attached hydrogens (tertiary/aromatic N) is 1. The molecule has 0 radical (unpaired) electrons. The minimum absolute atomic E-state index is 0.0121. The monoisotopic (exact) mass is 497 g/mol. The number of ether oxygens (including phenoxy) is 1. The molecular formula is C30H24ClNO4. The lowest BCUT2D eigenvalue weighted by molar-refractivity contribution is -0.132. The van der Waals surface area contributed by atoms with E-state index in [0.29, 0.717) is 22.0 Å². The number of aliphatic hydroxyl groups is 1. The quantitative estimate of drug-likeness (QED) is 0.185. The Bertz CT molecular complexity index is 1520. The highest BCUT2D eigenvalue weighted by Gasteiger charge is 2.47. The topological polar surface area (TPSA) is 66.8 Å². The summed E-state index contributed by atoms with van der Waals surface area (Å²) in [6.45, 7) is 3.81. The van der Waals surface area contributed by atoms with Crippen LogP contribution in [-0.4, -0.2) is 22.9 Å². The fourth-order valence-electron chi connectivity index (χ4n) is 4.65. The first-order valence-corrected chi connectivity index (χ1v) is 12.0. The first kappa shape index (κ1) is 23.6. The molecular weight excluding hydrogens is 474 g/mol. The minimum Gasteiger partial charge on any atom is -0.507 e. The molecule has 0 bridgehead atoms. The molecule has 36 heavy (non-hydrogen) atoms. The van der Waals surface area contributed by atoms with Crippen molar-refractivity contribution in [2.45, 2.75) is 26.0 Å². The highest BCUT2D eigenvalue weighted by atomic mass is 35.5. The van der Waals surface area contributed by atoms with Gasteiger partial charge in [0.05, 0.1) is 17.7 Å². The zero-order valence-electron chi connectivity index (χ0n) is 19.8. The lowest BCUT2D eigenvalue weighted by Gasteiger charge is -2.26. The number of carbonyl (C=O) groups excluding carboxylic acids is 2. The van der Waals surface area contributed by atoms with Gasteiger partial charge in [-0.25, -0.2) is 0 Å². The first-order chi connectivity index (χ1) is 17.3. The summed E-state index contributed by atoms with van der Waals surface area (Å²) in [6, 6.07) is 26.3. The van der Waals surface area contributed by atoms with Gasteiger partial charge in [0.1, 0.15) is 11.5 Å². The van der Waals surface area contributed by atoms with Gasteiger partial charge >= 0.3 is 0 Å². The Kier molecular flexibility index (Phi) is 6.25. The average molecular weight is 498 g/mol. The molecule has 1 saturated heterocycles. The van der Waals surface area contributed by atoms with Crippen molar-refractivity contribution in [1.29, 1.82) is 0 Å². The summed E-state index contributed by atoms with van der Waals surface area (Å²) < 4.78 is 5.78.